The topological polar surface area (TPSA) is 25.8 Å². The van der Waals surface area contributed by atoms with E-state index in [0.29, 0.717) is 22.5 Å². The number of hydrogen-bond acceptors (Lipinski definition) is 3. The molecule has 0 saturated carbocycles. The molecule has 5 heteroatoms. The molecule has 0 aliphatic rings. The fourth-order valence-electron chi connectivity index (χ4n) is 1.71. The van der Waals surface area contributed by atoms with E-state index in [9.17, 15) is 8.78 Å². The number of aryl methyl sites for hydroxylation is 1. The Bertz CT molecular complexity index is 512. The highest BCUT2D eigenvalue weighted by Crippen LogP contribution is 2.26. The largest absolute Gasteiger partial charge is 0.288 e. The van der Waals surface area contributed by atoms with E-state index in [1.54, 1.807) is 24.3 Å². The van der Waals surface area contributed by atoms with E-state index >= 15 is 0 Å². The van der Waals surface area contributed by atoms with Crippen molar-refractivity contribution in [2.45, 2.75) is 30.4 Å². The van der Waals surface area contributed by atoms with E-state index in [0.717, 1.165) is 24.0 Å². The molecule has 0 bridgehead atoms. The van der Waals surface area contributed by atoms with Gasteiger partial charge in [-0.15, -0.1) is 0 Å². The molecule has 0 unspecified atom stereocenters. The Labute approximate surface area is 115 Å². The molecular formula is C14H14F2N2S. The normalized spacial score (nSPS) is 10.9. The van der Waals surface area contributed by atoms with E-state index in [-0.39, 0.29) is 0 Å². The predicted molar refractivity (Wildman–Crippen MR) is 73.3 cm³/mol. The van der Waals surface area contributed by atoms with Crippen LogP contribution in [-0.2, 0) is 6.42 Å². The molecule has 0 saturated heterocycles. The second-order valence-electron chi connectivity index (χ2n) is 4.07. The van der Waals surface area contributed by atoms with E-state index in [1.165, 1.54) is 0 Å². The lowest BCUT2D eigenvalue weighted by molar-refractivity contribution is 0.252. The monoisotopic (exact) mass is 280 g/mol. The van der Waals surface area contributed by atoms with Crippen molar-refractivity contribution in [3.05, 3.63) is 42.2 Å². The van der Waals surface area contributed by atoms with Crippen LogP contribution in [0.1, 0.15) is 18.9 Å². The number of halogens is 2. The second kappa shape index (κ2) is 6.61. The van der Waals surface area contributed by atoms with Gasteiger partial charge in [-0.2, -0.15) is 8.78 Å². The number of thioether (sulfide) groups is 1. The maximum Gasteiger partial charge on any atom is 0.288 e. The molecule has 1 heterocycles. The number of hydrogen-bond donors (Lipinski definition) is 0. The van der Waals surface area contributed by atoms with Crippen LogP contribution >= 0.6 is 11.8 Å². The van der Waals surface area contributed by atoms with Crippen LogP contribution in [0.4, 0.5) is 8.78 Å². The molecular weight excluding hydrogens is 266 g/mol. The summed E-state index contributed by atoms with van der Waals surface area (Å²) in [6, 6.07) is 6.85. The first-order chi connectivity index (χ1) is 9.19. The molecule has 100 valence electrons. The van der Waals surface area contributed by atoms with Crippen LogP contribution in [0.2, 0.25) is 0 Å². The van der Waals surface area contributed by atoms with Crippen LogP contribution in [-0.4, -0.2) is 15.7 Å². The zero-order valence-electron chi connectivity index (χ0n) is 10.5. The van der Waals surface area contributed by atoms with Crippen molar-refractivity contribution >= 4 is 11.8 Å². The van der Waals surface area contributed by atoms with Gasteiger partial charge in [-0.1, -0.05) is 37.2 Å². The highest BCUT2D eigenvalue weighted by Gasteiger charge is 2.06. The molecule has 0 fully saturated rings. The summed E-state index contributed by atoms with van der Waals surface area (Å²) in [5.41, 5.74) is 1.94. The molecule has 0 aliphatic heterocycles. The highest BCUT2D eigenvalue weighted by atomic mass is 32.2. The molecule has 2 aromatic rings. The number of nitrogens with zero attached hydrogens (tertiary/aromatic N) is 2. The molecule has 0 spiro atoms. The van der Waals surface area contributed by atoms with Gasteiger partial charge in [0.1, 0.15) is 0 Å². The lowest BCUT2D eigenvalue weighted by Gasteiger charge is -2.04. The smallest absolute Gasteiger partial charge is 0.236 e. The molecule has 2 nitrogen and oxygen atoms in total. The van der Waals surface area contributed by atoms with Gasteiger partial charge in [-0.3, -0.25) is 0 Å². The summed E-state index contributed by atoms with van der Waals surface area (Å²) >= 11 is 0.537. The van der Waals surface area contributed by atoms with Gasteiger partial charge in [0.2, 0.25) is 0 Å². The Morgan fingerprint density at radius 1 is 1.11 bits per heavy atom. The van der Waals surface area contributed by atoms with Gasteiger partial charge in [0.05, 0.1) is 0 Å². The van der Waals surface area contributed by atoms with E-state index in [2.05, 4.69) is 16.9 Å². The molecule has 2 rings (SSSR count). The van der Waals surface area contributed by atoms with Gasteiger partial charge in [0, 0.05) is 22.9 Å². The third-order valence-electron chi connectivity index (χ3n) is 2.58. The minimum absolute atomic E-state index is 0.537. The van der Waals surface area contributed by atoms with Crippen molar-refractivity contribution in [1.82, 2.24) is 9.97 Å². The van der Waals surface area contributed by atoms with Crippen molar-refractivity contribution < 1.29 is 8.78 Å². The maximum absolute atomic E-state index is 12.2. The van der Waals surface area contributed by atoms with Crippen LogP contribution in [0.25, 0.3) is 11.4 Å². The highest BCUT2D eigenvalue weighted by molar-refractivity contribution is 7.99. The Morgan fingerprint density at radius 3 is 2.26 bits per heavy atom. The standard InChI is InChI=1S/C14H14F2N2S/c1-2-3-10-8-17-13(18-9-10)11-4-6-12(7-5-11)19-14(15)16/h4-9,14H,2-3H2,1H3. The molecule has 0 N–H and O–H groups in total. The van der Waals surface area contributed by atoms with Crippen molar-refractivity contribution in [2.75, 3.05) is 0 Å². The minimum Gasteiger partial charge on any atom is -0.236 e. The summed E-state index contributed by atoms with van der Waals surface area (Å²) < 4.78 is 24.4. The van der Waals surface area contributed by atoms with Crippen LogP contribution in [0.5, 0.6) is 0 Å². The zero-order chi connectivity index (χ0) is 13.7. The summed E-state index contributed by atoms with van der Waals surface area (Å²) in [4.78, 5) is 9.13. The summed E-state index contributed by atoms with van der Waals surface area (Å²) in [6.45, 7) is 2.10. The Balaban J connectivity index is 2.13. The number of alkyl halides is 2. The second-order valence-corrected chi connectivity index (χ2v) is 5.13. The minimum atomic E-state index is -2.39. The quantitative estimate of drug-likeness (QED) is 0.759. The summed E-state index contributed by atoms with van der Waals surface area (Å²) in [5, 5.41) is 0. The molecule has 1 aromatic carbocycles. The fraction of sp³-hybridized carbons (Fsp3) is 0.286. The fourth-order valence-corrected chi connectivity index (χ4v) is 2.21. The third kappa shape index (κ3) is 3.99. The SMILES string of the molecule is CCCc1cnc(-c2ccc(SC(F)F)cc2)nc1. The van der Waals surface area contributed by atoms with Gasteiger partial charge in [-0.05, 0) is 24.1 Å². The molecule has 0 amide bonds. The average Bonchev–Trinajstić information content (AvgIpc) is 2.40. The zero-order valence-corrected chi connectivity index (χ0v) is 11.3. The van der Waals surface area contributed by atoms with Crippen molar-refractivity contribution in [2.24, 2.45) is 0 Å². The van der Waals surface area contributed by atoms with E-state index in [4.69, 9.17) is 0 Å². The molecule has 0 aliphatic carbocycles. The molecule has 0 atom stereocenters. The van der Waals surface area contributed by atoms with Crippen LogP contribution in [0, 0.1) is 0 Å². The Hall–Kier alpha value is -1.49. The first-order valence-corrected chi connectivity index (χ1v) is 6.93. The molecule has 1 aromatic heterocycles. The Kier molecular flexibility index (Phi) is 4.85. The first kappa shape index (κ1) is 13.9. The van der Waals surface area contributed by atoms with Crippen LogP contribution < -0.4 is 0 Å². The average molecular weight is 280 g/mol. The first-order valence-electron chi connectivity index (χ1n) is 6.05. The molecule has 0 radical (unpaired) electrons. The number of benzene rings is 1. The van der Waals surface area contributed by atoms with Crippen molar-refractivity contribution in [3.8, 4) is 11.4 Å². The lowest BCUT2D eigenvalue weighted by atomic mass is 10.2. The maximum atomic E-state index is 12.2. The Morgan fingerprint density at radius 2 is 1.74 bits per heavy atom. The summed E-state index contributed by atoms with van der Waals surface area (Å²) in [5.74, 6) is -1.77. The van der Waals surface area contributed by atoms with E-state index in [1.807, 2.05) is 12.4 Å². The van der Waals surface area contributed by atoms with Gasteiger partial charge >= 0.3 is 0 Å². The summed E-state index contributed by atoms with van der Waals surface area (Å²) in [7, 11) is 0. The predicted octanol–water partition coefficient (Wildman–Crippen LogP) is 4.41. The number of aromatic nitrogens is 2. The third-order valence-corrected chi connectivity index (χ3v) is 3.30. The van der Waals surface area contributed by atoms with Gasteiger partial charge in [-0.25, -0.2) is 9.97 Å². The van der Waals surface area contributed by atoms with Crippen LogP contribution in [0.15, 0.2) is 41.6 Å². The van der Waals surface area contributed by atoms with Gasteiger partial charge in [0.15, 0.2) is 5.82 Å². The van der Waals surface area contributed by atoms with Crippen LogP contribution in [0.3, 0.4) is 0 Å². The summed E-state index contributed by atoms with van der Waals surface area (Å²) in [6.07, 6.45) is 5.65. The van der Waals surface area contributed by atoms with E-state index < -0.39 is 5.76 Å². The molecule has 19 heavy (non-hydrogen) atoms. The van der Waals surface area contributed by atoms with Crippen molar-refractivity contribution in [3.63, 3.8) is 0 Å². The van der Waals surface area contributed by atoms with Gasteiger partial charge < -0.3 is 0 Å². The lowest BCUT2D eigenvalue weighted by Crippen LogP contribution is -1.92. The number of rotatable bonds is 5. The van der Waals surface area contributed by atoms with Crippen molar-refractivity contribution in [1.29, 1.82) is 0 Å². The van der Waals surface area contributed by atoms with Gasteiger partial charge in [0.25, 0.3) is 5.76 Å².